The molecule has 0 radical (unpaired) electrons. The molecule has 1 N–H and O–H groups in total. The van der Waals surface area contributed by atoms with E-state index >= 15 is 0 Å². The Balaban J connectivity index is 2.19. The second-order valence-corrected chi connectivity index (χ2v) is 5.73. The molecule has 0 saturated heterocycles. The summed E-state index contributed by atoms with van der Waals surface area (Å²) >= 11 is 3.46. The van der Waals surface area contributed by atoms with Gasteiger partial charge in [-0.1, -0.05) is 48.8 Å². The predicted molar refractivity (Wildman–Crippen MR) is 76.1 cm³/mol. The first-order valence-electron chi connectivity index (χ1n) is 6.13. The normalized spacial score (nSPS) is 13.0. The minimum absolute atomic E-state index is 0.544. The van der Waals surface area contributed by atoms with E-state index in [0.29, 0.717) is 18.6 Å². The lowest BCUT2D eigenvalue weighted by Gasteiger charge is -2.15. The highest BCUT2D eigenvalue weighted by Gasteiger charge is 2.03. The van der Waals surface area contributed by atoms with Crippen LogP contribution in [0.5, 0.6) is 0 Å². The molecule has 0 amide bonds. The lowest BCUT2D eigenvalue weighted by atomic mass is 10.2. The largest absolute Gasteiger partial charge is 0.376 e. The topological polar surface area (TPSA) is 21.3 Å². The van der Waals surface area contributed by atoms with Crippen molar-refractivity contribution in [1.82, 2.24) is 5.32 Å². The Hall–Kier alpha value is -0.380. The number of halogens is 1. The standard InChI is InChI=1S/C14H22BrNO/c1-11(2)16-8-12(3)9-17-10-13-5-4-6-14(15)7-13/h4-7,11-12,16H,8-10H2,1-3H3. The number of hydrogen-bond donors (Lipinski definition) is 1. The van der Waals surface area contributed by atoms with Gasteiger partial charge in [0, 0.05) is 17.1 Å². The van der Waals surface area contributed by atoms with E-state index in [1.165, 1.54) is 5.56 Å². The van der Waals surface area contributed by atoms with Gasteiger partial charge in [-0.2, -0.15) is 0 Å². The van der Waals surface area contributed by atoms with Crippen molar-refractivity contribution < 1.29 is 4.74 Å². The van der Waals surface area contributed by atoms with Crippen LogP contribution in [0, 0.1) is 5.92 Å². The van der Waals surface area contributed by atoms with E-state index in [1.54, 1.807) is 0 Å². The molecule has 0 aromatic heterocycles. The summed E-state index contributed by atoms with van der Waals surface area (Å²) in [7, 11) is 0. The molecule has 17 heavy (non-hydrogen) atoms. The molecule has 0 fully saturated rings. The van der Waals surface area contributed by atoms with Crippen molar-refractivity contribution in [2.75, 3.05) is 13.2 Å². The van der Waals surface area contributed by atoms with Crippen molar-refractivity contribution in [3.8, 4) is 0 Å². The Morgan fingerprint density at radius 2 is 2.06 bits per heavy atom. The zero-order valence-corrected chi connectivity index (χ0v) is 12.5. The number of hydrogen-bond acceptors (Lipinski definition) is 2. The molecule has 2 nitrogen and oxygen atoms in total. The van der Waals surface area contributed by atoms with Gasteiger partial charge in [0.2, 0.25) is 0 Å². The van der Waals surface area contributed by atoms with Gasteiger partial charge in [0.05, 0.1) is 13.2 Å². The molecule has 96 valence electrons. The third kappa shape index (κ3) is 6.81. The lowest BCUT2D eigenvalue weighted by Crippen LogP contribution is -2.29. The van der Waals surface area contributed by atoms with E-state index in [-0.39, 0.29) is 0 Å². The van der Waals surface area contributed by atoms with Gasteiger partial charge in [-0.3, -0.25) is 0 Å². The molecule has 0 aliphatic heterocycles. The molecule has 0 spiro atoms. The monoisotopic (exact) mass is 299 g/mol. The lowest BCUT2D eigenvalue weighted by molar-refractivity contribution is 0.0912. The fraction of sp³-hybridized carbons (Fsp3) is 0.571. The summed E-state index contributed by atoms with van der Waals surface area (Å²) in [5.41, 5.74) is 1.21. The maximum atomic E-state index is 5.71. The number of benzene rings is 1. The van der Waals surface area contributed by atoms with Crippen LogP contribution in [-0.2, 0) is 11.3 Å². The van der Waals surface area contributed by atoms with Crippen LogP contribution in [0.1, 0.15) is 26.3 Å². The predicted octanol–water partition coefficient (Wildman–Crippen LogP) is 3.60. The first kappa shape index (κ1) is 14.7. The van der Waals surface area contributed by atoms with Crippen LogP contribution in [0.15, 0.2) is 28.7 Å². The van der Waals surface area contributed by atoms with Gasteiger partial charge in [0.1, 0.15) is 0 Å². The molecule has 0 saturated carbocycles. The van der Waals surface area contributed by atoms with E-state index in [9.17, 15) is 0 Å². The van der Waals surface area contributed by atoms with Crippen molar-refractivity contribution in [3.05, 3.63) is 34.3 Å². The van der Waals surface area contributed by atoms with Gasteiger partial charge in [-0.25, -0.2) is 0 Å². The molecule has 1 aromatic carbocycles. The Morgan fingerprint density at radius 3 is 2.71 bits per heavy atom. The van der Waals surface area contributed by atoms with Gasteiger partial charge in [-0.15, -0.1) is 0 Å². The maximum Gasteiger partial charge on any atom is 0.0717 e. The van der Waals surface area contributed by atoms with Crippen LogP contribution in [0.2, 0.25) is 0 Å². The molecule has 1 unspecified atom stereocenters. The van der Waals surface area contributed by atoms with Crippen molar-refractivity contribution in [3.63, 3.8) is 0 Å². The second-order valence-electron chi connectivity index (χ2n) is 4.81. The van der Waals surface area contributed by atoms with Gasteiger partial charge >= 0.3 is 0 Å². The van der Waals surface area contributed by atoms with Crippen LogP contribution in [0.4, 0.5) is 0 Å². The summed E-state index contributed by atoms with van der Waals surface area (Å²) in [4.78, 5) is 0. The Morgan fingerprint density at radius 1 is 1.29 bits per heavy atom. The van der Waals surface area contributed by atoms with Gasteiger partial charge in [-0.05, 0) is 23.6 Å². The first-order valence-corrected chi connectivity index (χ1v) is 6.93. The van der Waals surface area contributed by atoms with E-state index in [4.69, 9.17) is 4.74 Å². The highest BCUT2D eigenvalue weighted by molar-refractivity contribution is 9.10. The molecular weight excluding hydrogens is 278 g/mol. The Labute approximate surface area is 113 Å². The van der Waals surface area contributed by atoms with Crippen LogP contribution >= 0.6 is 15.9 Å². The summed E-state index contributed by atoms with van der Waals surface area (Å²) in [6, 6.07) is 8.78. The molecule has 3 heteroatoms. The molecule has 1 rings (SSSR count). The van der Waals surface area contributed by atoms with Crippen molar-refractivity contribution in [2.45, 2.75) is 33.4 Å². The van der Waals surface area contributed by atoms with Crippen LogP contribution < -0.4 is 5.32 Å². The van der Waals surface area contributed by atoms with E-state index < -0.39 is 0 Å². The molecule has 0 bridgehead atoms. The molecule has 1 atom stereocenters. The number of nitrogens with one attached hydrogen (secondary N) is 1. The molecule has 1 aromatic rings. The summed E-state index contributed by atoms with van der Waals surface area (Å²) in [6.45, 7) is 9.02. The third-order valence-electron chi connectivity index (χ3n) is 2.43. The van der Waals surface area contributed by atoms with Crippen LogP contribution in [0.3, 0.4) is 0 Å². The number of rotatable bonds is 7. The summed E-state index contributed by atoms with van der Waals surface area (Å²) in [5, 5.41) is 3.42. The highest BCUT2D eigenvalue weighted by Crippen LogP contribution is 2.12. The highest BCUT2D eigenvalue weighted by atomic mass is 79.9. The first-order chi connectivity index (χ1) is 8.08. The average Bonchev–Trinajstić information content (AvgIpc) is 2.26. The minimum atomic E-state index is 0.544. The molecule has 0 aliphatic carbocycles. The second kappa shape index (κ2) is 7.85. The fourth-order valence-electron chi connectivity index (χ4n) is 1.50. The molecular formula is C14H22BrNO. The van der Waals surface area contributed by atoms with Gasteiger partial charge < -0.3 is 10.1 Å². The zero-order valence-electron chi connectivity index (χ0n) is 10.9. The fourth-order valence-corrected chi connectivity index (χ4v) is 1.95. The summed E-state index contributed by atoms with van der Waals surface area (Å²) in [6.07, 6.45) is 0. The van der Waals surface area contributed by atoms with E-state index in [0.717, 1.165) is 17.6 Å². The van der Waals surface area contributed by atoms with Crippen molar-refractivity contribution in [2.24, 2.45) is 5.92 Å². The van der Waals surface area contributed by atoms with Crippen LogP contribution in [0.25, 0.3) is 0 Å². The maximum absolute atomic E-state index is 5.71. The van der Waals surface area contributed by atoms with Gasteiger partial charge in [0.15, 0.2) is 0 Å². The Bertz CT molecular complexity index is 328. The minimum Gasteiger partial charge on any atom is -0.376 e. The Kier molecular flexibility index (Phi) is 6.78. The van der Waals surface area contributed by atoms with Crippen molar-refractivity contribution >= 4 is 15.9 Å². The van der Waals surface area contributed by atoms with Gasteiger partial charge in [0.25, 0.3) is 0 Å². The smallest absolute Gasteiger partial charge is 0.0717 e. The molecule has 0 aliphatic rings. The van der Waals surface area contributed by atoms with Crippen LogP contribution in [-0.4, -0.2) is 19.2 Å². The van der Waals surface area contributed by atoms with E-state index in [1.807, 2.05) is 12.1 Å². The third-order valence-corrected chi connectivity index (χ3v) is 2.93. The molecule has 0 heterocycles. The summed E-state index contributed by atoms with van der Waals surface area (Å²) in [5.74, 6) is 0.546. The van der Waals surface area contributed by atoms with Crippen molar-refractivity contribution in [1.29, 1.82) is 0 Å². The average molecular weight is 300 g/mol. The van der Waals surface area contributed by atoms with E-state index in [2.05, 4.69) is 54.2 Å². The SMILES string of the molecule is CC(CNC(C)C)COCc1cccc(Br)c1. The quantitative estimate of drug-likeness (QED) is 0.831. The number of ether oxygens (including phenoxy) is 1. The summed E-state index contributed by atoms with van der Waals surface area (Å²) < 4.78 is 6.81. The zero-order chi connectivity index (χ0) is 12.7.